The van der Waals surface area contributed by atoms with Gasteiger partial charge in [-0.15, -0.1) is 0 Å². The Morgan fingerprint density at radius 1 is 1.09 bits per heavy atom. The molecule has 3 aliphatic rings. The number of Topliss-reactive ketones (excluding diaryl/α,β-unsaturated/α-hetero) is 2. The number of anilines is 3. The normalized spacial score (nSPS) is 26.7. The maximum atomic E-state index is 14.1. The fourth-order valence-corrected chi connectivity index (χ4v) is 7.32. The first-order chi connectivity index (χ1) is 21.9. The standard InChI is InChI=1S/C31H36N6O10/c1-12-6-7-16(19(8-12)37(46)47)33-30(44)34-17-11-18(35(2)3)14-9-13-10-15-23(36(4)5)26(40)22(29(32)43)28(42)31(15,45)27(41)20(13)25(39)21(14)24(17)38/h6-8,11,13,15,22-23,26,38-40,45H,9-10H2,1-5H3,(H2,32,43)(H2,33,34,44)/t13-,15-,22?,23-,26?,31-/m1/s1. The van der Waals surface area contributed by atoms with E-state index in [1.54, 1.807) is 46.1 Å². The lowest BCUT2D eigenvalue weighted by Gasteiger charge is -2.53. The first kappa shape index (κ1) is 33.3. The van der Waals surface area contributed by atoms with Crippen molar-refractivity contribution >= 4 is 52.0 Å². The van der Waals surface area contributed by atoms with Gasteiger partial charge in [-0.1, -0.05) is 6.07 Å². The van der Waals surface area contributed by atoms with Crippen LogP contribution in [0, 0.1) is 34.8 Å². The molecule has 8 N–H and O–H groups in total. The summed E-state index contributed by atoms with van der Waals surface area (Å²) in [6.45, 7) is 1.65. The van der Waals surface area contributed by atoms with E-state index in [-0.39, 0.29) is 41.0 Å². The Balaban J connectivity index is 1.60. The number of ketones is 2. The molecule has 250 valence electrons. The molecule has 2 fully saturated rings. The Morgan fingerprint density at radius 3 is 2.30 bits per heavy atom. The number of hydrogen-bond acceptors (Lipinski definition) is 12. The van der Waals surface area contributed by atoms with Crippen LogP contribution < -0.4 is 21.3 Å². The van der Waals surface area contributed by atoms with Gasteiger partial charge < -0.3 is 46.6 Å². The Morgan fingerprint density at radius 2 is 1.72 bits per heavy atom. The van der Waals surface area contributed by atoms with Gasteiger partial charge in [0, 0.05) is 43.4 Å². The van der Waals surface area contributed by atoms with Gasteiger partial charge in [0.15, 0.2) is 17.1 Å². The number of nitro groups is 1. The molecular formula is C31H36N6O10. The number of likely N-dealkylation sites (N-methyl/N-ethyl adjacent to an activating group) is 1. The lowest BCUT2D eigenvalue weighted by Crippen LogP contribution is -2.73. The van der Waals surface area contributed by atoms with E-state index < -0.39 is 75.4 Å². The molecule has 0 radical (unpaired) electrons. The van der Waals surface area contributed by atoms with Crippen LogP contribution in [-0.4, -0.2) is 99.7 Å². The largest absolute Gasteiger partial charge is 0.507 e. The Kier molecular flexibility index (Phi) is 8.24. The van der Waals surface area contributed by atoms with Crippen molar-refractivity contribution in [3.63, 3.8) is 0 Å². The molecule has 2 aromatic carbocycles. The van der Waals surface area contributed by atoms with Gasteiger partial charge >= 0.3 is 6.03 Å². The van der Waals surface area contributed by atoms with Crippen molar-refractivity contribution in [2.24, 2.45) is 23.5 Å². The lowest BCUT2D eigenvalue weighted by atomic mass is 9.54. The highest BCUT2D eigenvalue weighted by molar-refractivity contribution is 6.25. The number of aliphatic hydroxyl groups excluding tert-OH is 2. The van der Waals surface area contributed by atoms with Crippen molar-refractivity contribution in [3.8, 4) is 5.75 Å². The number of aliphatic hydroxyl groups is 3. The topological polar surface area (TPSA) is 249 Å². The average molecular weight is 653 g/mol. The van der Waals surface area contributed by atoms with E-state index in [0.717, 1.165) is 0 Å². The van der Waals surface area contributed by atoms with Crippen molar-refractivity contribution in [1.82, 2.24) is 4.90 Å². The lowest BCUT2D eigenvalue weighted by molar-refractivity contribution is -0.384. The Labute approximate surface area is 268 Å². The number of fused-ring (bicyclic) bond motifs is 3. The number of primary amides is 1. The molecule has 2 saturated carbocycles. The van der Waals surface area contributed by atoms with Crippen LogP contribution >= 0.6 is 0 Å². The summed E-state index contributed by atoms with van der Waals surface area (Å²) < 4.78 is 0. The molecule has 6 atom stereocenters. The molecule has 3 aliphatic carbocycles. The molecule has 0 saturated heterocycles. The summed E-state index contributed by atoms with van der Waals surface area (Å²) in [5.74, 6) is -8.87. The molecule has 0 spiro atoms. The first-order valence-electron chi connectivity index (χ1n) is 14.7. The number of rotatable bonds is 6. The zero-order valence-electron chi connectivity index (χ0n) is 26.3. The van der Waals surface area contributed by atoms with E-state index in [1.165, 1.54) is 23.1 Å². The van der Waals surface area contributed by atoms with E-state index in [0.29, 0.717) is 16.8 Å². The summed E-state index contributed by atoms with van der Waals surface area (Å²) in [5.41, 5.74) is 2.77. The number of carbonyl (C=O) groups excluding carboxylic acids is 4. The second-order valence-electron chi connectivity index (χ2n) is 12.7. The maximum absolute atomic E-state index is 14.1. The van der Waals surface area contributed by atoms with Crippen molar-refractivity contribution in [3.05, 3.63) is 56.6 Å². The smallest absolute Gasteiger partial charge is 0.323 e. The number of aromatic hydroxyl groups is 1. The fourth-order valence-electron chi connectivity index (χ4n) is 7.32. The summed E-state index contributed by atoms with van der Waals surface area (Å²) in [4.78, 5) is 67.0. The Bertz CT molecular complexity index is 1770. The zero-order valence-corrected chi connectivity index (χ0v) is 26.3. The molecule has 16 nitrogen and oxygen atoms in total. The number of nitrogens with two attached hydrogens (primary N) is 1. The molecule has 2 unspecified atom stereocenters. The predicted molar refractivity (Wildman–Crippen MR) is 169 cm³/mol. The van der Waals surface area contributed by atoms with E-state index in [4.69, 9.17) is 5.73 Å². The number of nitrogens with one attached hydrogen (secondary N) is 2. The van der Waals surface area contributed by atoms with Gasteiger partial charge in [0.25, 0.3) is 5.69 Å². The van der Waals surface area contributed by atoms with Gasteiger partial charge in [0.05, 0.1) is 22.3 Å². The molecule has 3 amide bonds. The number of phenols is 1. The van der Waals surface area contributed by atoms with Crippen LogP contribution in [0.4, 0.5) is 27.5 Å². The molecular weight excluding hydrogens is 616 g/mol. The SMILES string of the molecule is Cc1ccc(NC(=O)Nc2cc(N(C)C)c3c(c2O)C(O)=C2C(=O)[C@@]4(O)C(=O)C(C(N)=O)C(O)[C@H](N(C)C)[C@H]4C[C@H]2C3)c([N+](=O)[O-])c1. The van der Waals surface area contributed by atoms with Crippen LogP contribution in [0.15, 0.2) is 29.8 Å². The van der Waals surface area contributed by atoms with Crippen LogP contribution in [0.25, 0.3) is 5.76 Å². The molecule has 0 heterocycles. The van der Waals surface area contributed by atoms with Crippen molar-refractivity contribution in [2.45, 2.75) is 37.5 Å². The summed E-state index contributed by atoms with van der Waals surface area (Å²) >= 11 is 0. The summed E-state index contributed by atoms with van der Waals surface area (Å²) in [7, 11) is 6.48. The molecule has 5 rings (SSSR count). The second kappa shape index (κ2) is 11.6. The van der Waals surface area contributed by atoms with Gasteiger partial charge in [-0.3, -0.25) is 24.5 Å². The van der Waals surface area contributed by atoms with Gasteiger partial charge in [0.2, 0.25) is 11.7 Å². The van der Waals surface area contributed by atoms with Crippen LogP contribution in [0.2, 0.25) is 0 Å². The number of nitro benzene ring substituents is 1. The fraction of sp³-hybridized carbons (Fsp3) is 0.419. The van der Waals surface area contributed by atoms with Crippen LogP contribution in [0.5, 0.6) is 5.75 Å². The second-order valence-corrected chi connectivity index (χ2v) is 12.7. The summed E-state index contributed by atoms with van der Waals surface area (Å²) in [6.07, 6.45) is -1.60. The average Bonchev–Trinajstić information content (AvgIpc) is 2.96. The van der Waals surface area contributed by atoms with Crippen molar-refractivity contribution < 1.29 is 44.5 Å². The molecule has 47 heavy (non-hydrogen) atoms. The third kappa shape index (κ3) is 5.14. The minimum Gasteiger partial charge on any atom is -0.507 e. The highest BCUT2D eigenvalue weighted by Crippen LogP contribution is 2.54. The van der Waals surface area contributed by atoms with E-state index in [9.17, 15) is 49.7 Å². The first-order valence-corrected chi connectivity index (χ1v) is 14.7. The zero-order chi connectivity index (χ0) is 34.9. The number of benzene rings is 2. The summed E-state index contributed by atoms with van der Waals surface area (Å²) in [5, 5.41) is 62.2. The molecule has 2 aromatic rings. The number of urea groups is 1. The highest BCUT2D eigenvalue weighted by Gasteiger charge is 2.67. The highest BCUT2D eigenvalue weighted by atomic mass is 16.6. The predicted octanol–water partition coefficient (Wildman–Crippen LogP) is 1.06. The number of carbonyl (C=O) groups is 4. The molecule has 0 aromatic heterocycles. The van der Waals surface area contributed by atoms with Gasteiger partial charge in [-0.2, -0.15) is 0 Å². The van der Waals surface area contributed by atoms with Gasteiger partial charge in [-0.05, 0) is 63.0 Å². The number of phenolic OH excluding ortho intramolecular Hbond substituents is 1. The maximum Gasteiger partial charge on any atom is 0.323 e. The van der Waals surface area contributed by atoms with Crippen molar-refractivity contribution in [2.75, 3.05) is 43.7 Å². The molecule has 0 bridgehead atoms. The van der Waals surface area contributed by atoms with Crippen LogP contribution in [0.1, 0.15) is 23.1 Å². The van der Waals surface area contributed by atoms with Gasteiger partial charge in [-0.25, -0.2) is 4.79 Å². The van der Waals surface area contributed by atoms with E-state index >= 15 is 0 Å². The van der Waals surface area contributed by atoms with Crippen LogP contribution in [-0.2, 0) is 20.8 Å². The minimum absolute atomic E-state index is 0.0520. The van der Waals surface area contributed by atoms with Crippen molar-refractivity contribution in [1.29, 1.82) is 0 Å². The number of aryl methyl sites for hydroxylation is 1. The van der Waals surface area contributed by atoms with E-state index in [1.807, 2.05) is 0 Å². The number of hydrogen-bond donors (Lipinski definition) is 7. The summed E-state index contributed by atoms with van der Waals surface area (Å²) in [6, 6.07) is 3.64. The monoisotopic (exact) mass is 652 g/mol. The third-order valence-corrected chi connectivity index (χ3v) is 9.39. The third-order valence-electron chi connectivity index (χ3n) is 9.39. The number of amides is 3. The van der Waals surface area contributed by atoms with Crippen LogP contribution in [0.3, 0.4) is 0 Å². The minimum atomic E-state index is -2.82. The van der Waals surface area contributed by atoms with E-state index in [2.05, 4.69) is 10.6 Å². The molecule has 0 aliphatic heterocycles. The quantitative estimate of drug-likeness (QED) is 0.100. The molecule has 16 heteroatoms. The van der Waals surface area contributed by atoms with Gasteiger partial charge in [0.1, 0.15) is 17.4 Å². The Hall–Kier alpha value is -5.06. The number of nitrogens with zero attached hydrogens (tertiary/aromatic N) is 3.